The Morgan fingerprint density at radius 1 is 1.32 bits per heavy atom. The predicted octanol–water partition coefficient (Wildman–Crippen LogP) is 4.86. The molecule has 110 valence electrons. The first-order valence-corrected chi connectivity index (χ1v) is 9.20. The lowest BCUT2D eigenvalue weighted by molar-refractivity contribution is 0.166. The van der Waals surface area contributed by atoms with Crippen LogP contribution in [0.2, 0.25) is 0 Å². The molecule has 0 unspecified atom stereocenters. The minimum absolute atomic E-state index is 0.427. The number of hydrogen-bond acceptors (Lipinski definition) is 3. The van der Waals surface area contributed by atoms with Gasteiger partial charge in [-0.2, -0.15) is 0 Å². The van der Waals surface area contributed by atoms with Crippen molar-refractivity contribution in [2.45, 2.75) is 53.0 Å². The Balaban J connectivity index is 2.64. The molecule has 0 saturated carbocycles. The molecule has 19 heavy (non-hydrogen) atoms. The molecule has 4 heteroatoms. The molecule has 0 aromatic carbocycles. The van der Waals surface area contributed by atoms with Crippen LogP contribution in [-0.4, -0.2) is 28.8 Å². The van der Waals surface area contributed by atoms with Gasteiger partial charge in [0.2, 0.25) is 0 Å². The van der Waals surface area contributed by atoms with Crippen molar-refractivity contribution in [3.05, 3.63) is 16.1 Å². The fraction of sp³-hybridized carbons (Fsp3) is 0.800. The van der Waals surface area contributed by atoms with Crippen LogP contribution in [0.4, 0.5) is 0 Å². The van der Waals surface area contributed by atoms with Crippen molar-refractivity contribution >= 4 is 27.3 Å². The van der Waals surface area contributed by atoms with E-state index in [9.17, 15) is 0 Å². The Kier molecular flexibility index (Phi) is 7.55. The molecule has 0 aliphatic heterocycles. The number of aromatic nitrogens is 1. The summed E-state index contributed by atoms with van der Waals surface area (Å²) >= 11 is 5.53. The summed E-state index contributed by atoms with van der Waals surface area (Å²) in [6.07, 6.45) is 5.13. The van der Waals surface area contributed by atoms with Gasteiger partial charge in [0.15, 0.2) is 0 Å². The minimum Gasteiger partial charge on any atom is -0.301 e. The number of aryl methyl sites for hydroxylation is 1. The summed E-state index contributed by atoms with van der Waals surface area (Å²) in [5.74, 6) is 0. The fourth-order valence-electron chi connectivity index (χ4n) is 2.87. The highest BCUT2D eigenvalue weighted by Crippen LogP contribution is 2.33. The lowest BCUT2D eigenvalue weighted by Crippen LogP contribution is -2.36. The summed E-state index contributed by atoms with van der Waals surface area (Å²) in [6, 6.07) is 0. The van der Waals surface area contributed by atoms with Gasteiger partial charge in [-0.05, 0) is 32.2 Å². The molecule has 0 spiro atoms. The van der Waals surface area contributed by atoms with Crippen molar-refractivity contribution in [2.75, 3.05) is 18.9 Å². The molecule has 1 aromatic rings. The highest BCUT2D eigenvalue weighted by atomic mass is 79.9. The molecule has 0 fully saturated rings. The molecule has 0 atom stereocenters. The lowest BCUT2D eigenvalue weighted by Gasteiger charge is -2.35. The van der Waals surface area contributed by atoms with Crippen LogP contribution in [0.15, 0.2) is 5.51 Å². The van der Waals surface area contributed by atoms with E-state index in [1.807, 2.05) is 5.51 Å². The fourth-order valence-corrected chi connectivity index (χ4v) is 4.47. The molecule has 0 saturated heterocycles. The summed E-state index contributed by atoms with van der Waals surface area (Å²) in [7, 11) is 2.24. The molecule has 0 N–H and O–H groups in total. The number of alkyl halides is 1. The van der Waals surface area contributed by atoms with Gasteiger partial charge in [0, 0.05) is 23.3 Å². The van der Waals surface area contributed by atoms with Crippen LogP contribution in [0.5, 0.6) is 0 Å². The molecule has 1 heterocycles. The molecule has 0 aliphatic rings. The third kappa shape index (κ3) is 5.16. The highest BCUT2D eigenvalue weighted by molar-refractivity contribution is 9.09. The van der Waals surface area contributed by atoms with Crippen LogP contribution in [0.1, 0.15) is 50.1 Å². The molecule has 0 aliphatic carbocycles. The zero-order valence-electron chi connectivity index (χ0n) is 12.7. The van der Waals surface area contributed by atoms with Crippen molar-refractivity contribution < 1.29 is 0 Å². The zero-order valence-corrected chi connectivity index (χ0v) is 15.1. The van der Waals surface area contributed by atoms with E-state index in [0.29, 0.717) is 5.41 Å². The third-order valence-corrected chi connectivity index (χ3v) is 5.82. The van der Waals surface area contributed by atoms with Gasteiger partial charge in [-0.15, -0.1) is 11.3 Å². The standard InChI is InChI=1S/C15H27BrN2S/c1-5-7-15(10-16,8-6-2)11-18(4)9-14-13(3)17-12-19-14/h12H,5-11H2,1-4H3. The van der Waals surface area contributed by atoms with Crippen molar-refractivity contribution in [1.29, 1.82) is 0 Å². The summed E-state index contributed by atoms with van der Waals surface area (Å²) in [4.78, 5) is 8.21. The lowest BCUT2D eigenvalue weighted by atomic mass is 9.81. The van der Waals surface area contributed by atoms with Crippen molar-refractivity contribution in [3.63, 3.8) is 0 Å². The largest absolute Gasteiger partial charge is 0.301 e. The highest BCUT2D eigenvalue weighted by Gasteiger charge is 2.28. The quantitative estimate of drug-likeness (QED) is 0.593. The number of halogens is 1. The van der Waals surface area contributed by atoms with Gasteiger partial charge in [-0.3, -0.25) is 0 Å². The first-order chi connectivity index (χ1) is 9.06. The molecular formula is C15H27BrN2S. The summed E-state index contributed by atoms with van der Waals surface area (Å²) in [5.41, 5.74) is 3.57. The average molecular weight is 347 g/mol. The Bertz CT molecular complexity index is 359. The maximum atomic E-state index is 4.34. The Hall–Kier alpha value is 0.0700. The van der Waals surface area contributed by atoms with Crippen LogP contribution < -0.4 is 0 Å². The topological polar surface area (TPSA) is 16.1 Å². The van der Waals surface area contributed by atoms with Crippen LogP contribution in [0.25, 0.3) is 0 Å². The monoisotopic (exact) mass is 346 g/mol. The summed E-state index contributed by atoms with van der Waals surface area (Å²) in [5, 5.41) is 1.10. The van der Waals surface area contributed by atoms with E-state index in [2.05, 4.69) is 53.6 Å². The van der Waals surface area contributed by atoms with Crippen molar-refractivity contribution in [2.24, 2.45) is 5.41 Å². The first kappa shape index (κ1) is 17.1. The van der Waals surface area contributed by atoms with E-state index in [0.717, 1.165) is 18.4 Å². The molecule has 1 aromatic heterocycles. The Morgan fingerprint density at radius 2 is 1.95 bits per heavy atom. The van der Waals surface area contributed by atoms with E-state index >= 15 is 0 Å². The zero-order chi connectivity index (χ0) is 14.3. The third-order valence-electron chi connectivity index (χ3n) is 3.71. The van der Waals surface area contributed by atoms with Gasteiger partial charge < -0.3 is 4.90 Å². The van der Waals surface area contributed by atoms with E-state index < -0.39 is 0 Å². The van der Waals surface area contributed by atoms with Crippen LogP contribution in [0, 0.1) is 12.3 Å². The van der Waals surface area contributed by atoms with E-state index in [4.69, 9.17) is 0 Å². The average Bonchev–Trinajstić information content (AvgIpc) is 2.75. The second kappa shape index (κ2) is 8.38. The SMILES string of the molecule is CCCC(CBr)(CCC)CN(C)Cc1scnc1C. The molecule has 0 amide bonds. The molecule has 0 bridgehead atoms. The molecule has 2 nitrogen and oxygen atoms in total. The van der Waals surface area contributed by atoms with E-state index in [1.165, 1.54) is 36.3 Å². The predicted molar refractivity (Wildman–Crippen MR) is 89.2 cm³/mol. The van der Waals surface area contributed by atoms with Gasteiger partial charge in [0.25, 0.3) is 0 Å². The number of rotatable bonds is 9. The second-order valence-corrected chi connectivity index (χ2v) is 7.17. The number of thiazole rings is 1. The van der Waals surface area contributed by atoms with Crippen LogP contribution >= 0.6 is 27.3 Å². The molecule has 1 rings (SSSR count). The van der Waals surface area contributed by atoms with Gasteiger partial charge >= 0.3 is 0 Å². The molecule has 0 radical (unpaired) electrons. The van der Waals surface area contributed by atoms with E-state index in [1.54, 1.807) is 11.3 Å². The Morgan fingerprint density at radius 3 is 2.37 bits per heavy atom. The normalized spacial score (nSPS) is 12.3. The van der Waals surface area contributed by atoms with Gasteiger partial charge in [0.05, 0.1) is 11.2 Å². The van der Waals surface area contributed by atoms with Crippen molar-refractivity contribution in [1.82, 2.24) is 9.88 Å². The second-order valence-electron chi connectivity index (χ2n) is 5.67. The Labute approximate surface area is 130 Å². The maximum absolute atomic E-state index is 4.34. The van der Waals surface area contributed by atoms with Gasteiger partial charge in [0.1, 0.15) is 0 Å². The summed E-state index contributed by atoms with van der Waals surface area (Å²) < 4.78 is 0. The number of hydrogen-bond donors (Lipinski definition) is 0. The van der Waals surface area contributed by atoms with Gasteiger partial charge in [-0.25, -0.2) is 4.98 Å². The van der Waals surface area contributed by atoms with Gasteiger partial charge in [-0.1, -0.05) is 42.6 Å². The molecular weight excluding hydrogens is 320 g/mol. The smallest absolute Gasteiger partial charge is 0.0798 e. The van der Waals surface area contributed by atoms with Crippen LogP contribution in [0.3, 0.4) is 0 Å². The maximum Gasteiger partial charge on any atom is 0.0798 e. The number of nitrogens with zero attached hydrogens (tertiary/aromatic N) is 2. The van der Waals surface area contributed by atoms with Crippen molar-refractivity contribution in [3.8, 4) is 0 Å². The van der Waals surface area contributed by atoms with Crippen LogP contribution in [-0.2, 0) is 6.54 Å². The van der Waals surface area contributed by atoms with E-state index in [-0.39, 0.29) is 0 Å². The minimum atomic E-state index is 0.427. The summed E-state index contributed by atoms with van der Waals surface area (Å²) in [6.45, 7) is 8.88. The first-order valence-electron chi connectivity index (χ1n) is 7.20.